The molecule has 0 unspecified atom stereocenters. The van der Waals surface area contributed by atoms with Crippen LogP contribution >= 0.6 is 11.3 Å². The van der Waals surface area contributed by atoms with E-state index in [1.165, 1.54) is 11.3 Å². The molecule has 6 heteroatoms. The zero-order valence-corrected chi connectivity index (χ0v) is 15.9. The van der Waals surface area contributed by atoms with Gasteiger partial charge in [0, 0.05) is 43.9 Å². The number of carbonyl (C=O) groups is 1. The average molecular weight is 359 g/mol. The Morgan fingerprint density at radius 3 is 2.68 bits per heavy atom. The number of rotatable bonds is 5. The molecule has 1 fully saturated rings. The van der Waals surface area contributed by atoms with Crippen molar-refractivity contribution in [2.45, 2.75) is 26.9 Å². The van der Waals surface area contributed by atoms with Crippen molar-refractivity contribution >= 4 is 22.9 Å². The van der Waals surface area contributed by atoms with Gasteiger partial charge in [-0.25, -0.2) is 4.98 Å². The number of amides is 1. The number of hydrogen-bond acceptors (Lipinski definition) is 5. The van der Waals surface area contributed by atoms with Gasteiger partial charge in [0.25, 0.3) is 0 Å². The van der Waals surface area contributed by atoms with Crippen LogP contribution in [-0.4, -0.2) is 49.1 Å². The van der Waals surface area contributed by atoms with Crippen LogP contribution in [0.1, 0.15) is 21.1 Å². The van der Waals surface area contributed by atoms with Crippen LogP contribution in [0.3, 0.4) is 0 Å². The van der Waals surface area contributed by atoms with Gasteiger partial charge >= 0.3 is 0 Å². The Bertz CT molecular complexity index is 736. The number of aromatic nitrogens is 1. The highest BCUT2D eigenvalue weighted by Gasteiger charge is 2.22. The summed E-state index contributed by atoms with van der Waals surface area (Å²) < 4.78 is 5.13. The fraction of sp³-hybridized carbons (Fsp3) is 0.474. The summed E-state index contributed by atoms with van der Waals surface area (Å²) in [5, 5.41) is 0.937. The molecule has 0 saturated carbocycles. The minimum Gasteiger partial charge on any atom is -0.378 e. The second-order valence-corrected chi connectivity index (χ2v) is 7.60. The minimum atomic E-state index is 0.194. The predicted molar refractivity (Wildman–Crippen MR) is 101 cm³/mol. The van der Waals surface area contributed by atoms with Crippen molar-refractivity contribution < 1.29 is 9.53 Å². The molecule has 1 aromatic heterocycles. The highest BCUT2D eigenvalue weighted by atomic mass is 32.1. The maximum atomic E-state index is 12.6. The van der Waals surface area contributed by atoms with Gasteiger partial charge in [0.1, 0.15) is 5.01 Å². The summed E-state index contributed by atoms with van der Waals surface area (Å²) >= 11 is 1.58. The summed E-state index contributed by atoms with van der Waals surface area (Å²) in [6, 6.07) is 8.54. The Morgan fingerprint density at radius 1 is 1.24 bits per heavy atom. The maximum absolute atomic E-state index is 12.6. The predicted octanol–water partition coefficient (Wildman–Crippen LogP) is 2.80. The summed E-state index contributed by atoms with van der Waals surface area (Å²) in [4.78, 5) is 22.5. The number of carbonyl (C=O) groups excluding carboxylic acids is 1. The number of piperazine rings is 1. The van der Waals surface area contributed by atoms with Crippen LogP contribution in [0.15, 0.2) is 24.3 Å². The summed E-state index contributed by atoms with van der Waals surface area (Å²) in [6.07, 6.45) is 0.442. The first kappa shape index (κ1) is 17.9. The van der Waals surface area contributed by atoms with E-state index in [0.717, 1.165) is 41.8 Å². The fourth-order valence-electron chi connectivity index (χ4n) is 3.13. The van der Waals surface area contributed by atoms with Crippen molar-refractivity contribution in [2.75, 3.05) is 38.2 Å². The van der Waals surface area contributed by atoms with Crippen LogP contribution in [0.2, 0.25) is 0 Å². The molecule has 1 aliphatic heterocycles. The highest BCUT2D eigenvalue weighted by Crippen LogP contribution is 2.21. The molecule has 0 atom stereocenters. The van der Waals surface area contributed by atoms with Crippen LogP contribution in [0.25, 0.3) is 0 Å². The van der Waals surface area contributed by atoms with E-state index in [1.54, 1.807) is 18.4 Å². The van der Waals surface area contributed by atoms with Crippen molar-refractivity contribution in [1.82, 2.24) is 9.88 Å². The van der Waals surface area contributed by atoms with Crippen molar-refractivity contribution in [3.8, 4) is 0 Å². The van der Waals surface area contributed by atoms with Crippen LogP contribution in [0.5, 0.6) is 0 Å². The zero-order valence-electron chi connectivity index (χ0n) is 15.1. The molecule has 1 aromatic carbocycles. The highest BCUT2D eigenvalue weighted by molar-refractivity contribution is 7.11. The van der Waals surface area contributed by atoms with Crippen molar-refractivity contribution in [3.05, 3.63) is 45.4 Å². The Morgan fingerprint density at radius 2 is 2.00 bits per heavy atom. The lowest BCUT2D eigenvalue weighted by molar-refractivity contribution is -0.130. The van der Waals surface area contributed by atoms with E-state index in [4.69, 9.17) is 4.74 Å². The van der Waals surface area contributed by atoms with Crippen molar-refractivity contribution in [1.29, 1.82) is 0 Å². The Labute approximate surface area is 153 Å². The van der Waals surface area contributed by atoms with E-state index in [1.807, 2.05) is 11.8 Å². The molecule has 0 N–H and O–H groups in total. The topological polar surface area (TPSA) is 45.7 Å². The molecule has 1 aliphatic rings. The van der Waals surface area contributed by atoms with Crippen LogP contribution in [0.4, 0.5) is 5.69 Å². The molecular weight excluding hydrogens is 334 g/mol. The van der Waals surface area contributed by atoms with E-state index in [9.17, 15) is 4.79 Å². The second-order valence-electron chi connectivity index (χ2n) is 6.43. The largest absolute Gasteiger partial charge is 0.378 e. The summed E-state index contributed by atoms with van der Waals surface area (Å²) in [5.74, 6) is 0.194. The summed E-state index contributed by atoms with van der Waals surface area (Å²) in [7, 11) is 1.66. The Balaban J connectivity index is 1.56. The van der Waals surface area contributed by atoms with Crippen LogP contribution in [0, 0.1) is 13.8 Å². The van der Waals surface area contributed by atoms with Gasteiger partial charge in [-0.2, -0.15) is 0 Å². The number of methoxy groups -OCH3 is 1. The lowest BCUT2D eigenvalue weighted by Crippen LogP contribution is -2.49. The van der Waals surface area contributed by atoms with Gasteiger partial charge in [-0.1, -0.05) is 12.1 Å². The minimum absolute atomic E-state index is 0.194. The molecule has 3 rings (SSSR count). The second kappa shape index (κ2) is 7.97. The lowest BCUT2D eigenvalue weighted by atomic mass is 10.2. The smallest absolute Gasteiger partial charge is 0.228 e. The van der Waals surface area contributed by atoms with Crippen molar-refractivity contribution in [3.63, 3.8) is 0 Å². The molecule has 134 valence electrons. The Kier molecular flexibility index (Phi) is 5.71. The summed E-state index contributed by atoms with van der Waals surface area (Å²) in [6.45, 7) is 7.89. The molecule has 2 aromatic rings. The SMILES string of the molecule is COCc1nc(C)c(CC(=O)N2CCN(c3cccc(C)c3)CC2)s1. The van der Waals surface area contributed by atoms with Gasteiger partial charge in [-0.05, 0) is 31.5 Å². The third kappa shape index (κ3) is 4.38. The normalized spacial score (nSPS) is 14.8. The molecule has 0 spiro atoms. The Hall–Kier alpha value is -1.92. The fourth-order valence-corrected chi connectivity index (χ4v) is 4.16. The number of hydrogen-bond donors (Lipinski definition) is 0. The molecular formula is C19H25N3O2S. The van der Waals surface area contributed by atoms with Gasteiger partial charge in [0.05, 0.1) is 18.7 Å². The number of thiazole rings is 1. The first-order valence-corrected chi connectivity index (χ1v) is 9.42. The molecule has 5 nitrogen and oxygen atoms in total. The third-order valence-electron chi connectivity index (χ3n) is 4.52. The first-order chi connectivity index (χ1) is 12.1. The molecule has 25 heavy (non-hydrogen) atoms. The maximum Gasteiger partial charge on any atom is 0.228 e. The van der Waals surface area contributed by atoms with Crippen LogP contribution < -0.4 is 4.90 Å². The number of anilines is 1. The third-order valence-corrected chi connectivity index (χ3v) is 5.65. The van der Waals surface area contributed by atoms with Gasteiger partial charge < -0.3 is 14.5 Å². The molecule has 1 saturated heterocycles. The number of benzene rings is 1. The van der Waals surface area contributed by atoms with Gasteiger partial charge in [-0.3, -0.25) is 4.79 Å². The van der Waals surface area contributed by atoms with Gasteiger partial charge in [0.15, 0.2) is 0 Å². The van der Waals surface area contributed by atoms with Gasteiger partial charge in [0.2, 0.25) is 5.91 Å². The zero-order chi connectivity index (χ0) is 17.8. The van der Waals surface area contributed by atoms with Gasteiger partial charge in [-0.15, -0.1) is 11.3 Å². The molecule has 1 amide bonds. The monoisotopic (exact) mass is 359 g/mol. The number of aryl methyl sites for hydroxylation is 2. The van der Waals surface area contributed by atoms with E-state index in [2.05, 4.69) is 41.1 Å². The number of ether oxygens (including phenoxy) is 1. The van der Waals surface area contributed by atoms with E-state index >= 15 is 0 Å². The molecule has 0 aliphatic carbocycles. The molecule has 0 bridgehead atoms. The standard InChI is InChI=1S/C19H25N3O2S/c1-14-5-4-6-16(11-14)21-7-9-22(10-8-21)19(23)12-17-15(2)20-18(25-17)13-24-3/h4-6,11H,7-10,12-13H2,1-3H3. The lowest BCUT2D eigenvalue weighted by Gasteiger charge is -2.36. The van der Waals surface area contributed by atoms with Crippen molar-refractivity contribution in [2.24, 2.45) is 0 Å². The quantitative estimate of drug-likeness (QED) is 0.824. The summed E-state index contributed by atoms with van der Waals surface area (Å²) in [5.41, 5.74) is 3.46. The first-order valence-electron chi connectivity index (χ1n) is 8.60. The van der Waals surface area contributed by atoms with E-state index in [0.29, 0.717) is 13.0 Å². The average Bonchev–Trinajstić information content (AvgIpc) is 2.94. The van der Waals surface area contributed by atoms with Crippen LogP contribution in [-0.2, 0) is 22.6 Å². The van der Waals surface area contributed by atoms with E-state index in [-0.39, 0.29) is 5.91 Å². The number of nitrogens with zero attached hydrogens (tertiary/aromatic N) is 3. The molecule has 2 heterocycles. The molecule has 0 radical (unpaired) electrons. The van der Waals surface area contributed by atoms with E-state index < -0.39 is 0 Å².